The summed E-state index contributed by atoms with van der Waals surface area (Å²) >= 11 is 2.82. The predicted molar refractivity (Wildman–Crippen MR) is 94.3 cm³/mol. The first kappa shape index (κ1) is 18.8. The summed E-state index contributed by atoms with van der Waals surface area (Å²) in [6.07, 6.45) is 6.98. The first-order valence-electron chi connectivity index (χ1n) is 7.27. The van der Waals surface area contributed by atoms with Crippen LogP contribution in [0.4, 0.5) is 5.13 Å². The van der Waals surface area contributed by atoms with Gasteiger partial charge in [-0.25, -0.2) is 0 Å². The number of nitrogens with zero attached hydrogens (tertiary/aromatic N) is 2. The Hall–Kier alpha value is -1.26. The van der Waals surface area contributed by atoms with Crippen LogP contribution in [0.1, 0.15) is 47.5 Å². The van der Waals surface area contributed by atoms with E-state index in [2.05, 4.69) is 47.5 Å². The van der Waals surface area contributed by atoms with Crippen molar-refractivity contribution in [3.05, 3.63) is 0 Å². The minimum atomic E-state index is -0.544. The number of hydrogen-bond acceptors (Lipinski definition) is 6. The van der Waals surface area contributed by atoms with Crippen LogP contribution in [-0.4, -0.2) is 32.9 Å². The summed E-state index contributed by atoms with van der Waals surface area (Å²) in [7, 11) is 0. The zero-order chi connectivity index (χ0) is 16.8. The van der Waals surface area contributed by atoms with Crippen LogP contribution < -0.4 is 10.6 Å². The monoisotopic (exact) mass is 340 g/mol. The zero-order valence-corrected chi connectivity index (χ0v) is 15.5. The lowest BCUT2D eigenvalue weighted by Crippen LogP contribution is -2.47. The van der Waals surface area contributed by atoms with Gasteiger partial charge in [-0.15, -0.1) is 16.6 Å². The summed E-state index contributed by atoms with van der Waals surface area (Å²) in [5, 5.41) is 15.1. The Morgan fingerprint density at radius 1 is 1.32 bits per heavy atom. The Morgan fingerprint density at radius 2 is 1.95 bits per heavy atom. The number of anilines is 1. The third-order valence-corrected chi connectivity index (χ3v) is 5.05. The molecule has 0 radical (unpaired) electrons. The second kappa shape index (κ2) is 7.84. The molecular formula is C15H24N4OS2. The van der Waals surface area contributed by atoms with E-state index in [-0.39, 0.29) is 17.2 Å². The van der Waals surface area contributed by atoms with E-state index in [0.717, 1.165) is 22.3 Å². The molecule has 0 aliphatic rings. The van der Waals surface area contributed by atoms with Crippen molar-refractivity contribution < 1.29 is 4.79 Å². The molecule has 1 amide bonds. The molecule has 1 aromatic heterocycles. The third-order valence-electron chi connectivity index (χ3n) is 3.08. The molecule has 0 fully saturated rings. The van der Waals surface area contributed by atoms with Gasteiger partial charge in [0, 0.05) is 5.54 Å². The predicted octanol–water partition coefficient (Wildman–Crippen LogP) is 3.15. The number of hydrogen-bond donors (Lipinski definition) is 2. The number of thioether (sulfide) groups is 1. The maximum absolute atomic E-state index is 12.1. The molecule has 1 aromatic rings. The van der Waals surface area contributed by atoms with E-state index < -0.39 is 5.54 Å². The summed E-state index contributed by atoms with van der Waals surface area (Å²) < 4.78 is 0.765. The van der Waals surface area contributed by atoms with Crippen LogP contribution in [-0.2, 0) is 4.79 Å². The smallest absolute Gasteiger partial charge is 0.231 e. The van der Waals surface area contributed by atoms with Gasteiger partial charge in [-0.05, 0) is 33.6 Å². The quantitative estimate of drug-likeness (QED) is 0.589. The van der Waals surface area contributed by atoms with Gasteiger partial charge in [0.05, 0.1) is 5.75 Å². The maximum Gasteiger partial charge on any atom is 0.231 e. The van der Waals surface area contributed by atoms with E-state index in [9.17, 15) is 4.79 Å². The molecule has 0 aliphatic carbocycles. The molecule has 0 aromatic carbocycles. The molecule has 0 unspecified atom stereocenters. The second-order valence-corrected chi connectivity index (χ2v) is 8.22. The van der Waals surface area contributed by atoms with Crippen LogP contribution in [0, 0.1) is 12.3 Å². The molecule has 1 heterocycles. The molecule has 122 valence electrons. The summed E-state index contributed by atoms with van der Waals surface area (Å²) in [5.41, 5.74) is -0.606. The van der Waals surface area contributed by atoms with Crippen LogP contribution in [0.25, 0.3) is 0 Å². The van der Waals surface area contributed by atoms with Gasteiger partial charge in [0.2, 0.25) is 11.0 Å². The lowest BCUT2D eigenvalue weighted by atomic mass is 9.94. The van der Waals surface area contributed by atoms with E-state index in [4.69, 9.17) is 6.42 Å². The molecule has 7 heteroatoms. The summed E-state index contributed by atoms with van der Waals surface area (Å²) in [6, 6.07) is 0. The normalized spacial score (nSPS) is 11.8. The van der Waals surface area contributed by atoms with E-state index in [1.165, 1.54) is 23.1 Å². The van der Waals surface area contributed by atoms with Gasteiger partial charge < -0.3 is 10.6 Å². The van der Waals surface area contributed by atoms with E-state index in [1.807, 2.05) is 13.8 Å². The Balaban J connectivity index is 2.53. The fourth-order valence-electron chi connectivity index (χ4n) is 1.74. The fraction of sp³-hybridized carbons (Fsp3) is 0.667. The number of terminal acetylenes is 1. The van der Waals surface area contributed by atoms with Crippen molar-refractivity contribution in [2.45, 2.75) is 62.9 Å². The molecule has 22 heavy (non-hydrogen) atoms. The Morgan fingerprint density at radius 3 is 2.45 bits per heavy atom. The topological polar surface area (TPSA) is 66.9 Å². The number of amides is 1. The molecule has 0 saturated carbocycles. The van der Waals surface area contributed by atoms with E-state index >= 15 is 0 Å². The van der Waals surface area contributed by atoms with Crippen LogP contribution >= 0.6 is 23.1 Å². The van der Waals surface area contributed by atoms with E-state index in [1.54, 1.807) is 0 Å². The molecule has 0 aliphatic heterocycles. The standard InChI is InChI=1S/C15H24N4OS2/c1-7-15(8-2,9-3)16-11(20)10-21-13-19-18-12(22-13)17-14(4,5)6/h1H,8-10H2,2-6H3,(H,16,20)(H,17,18). The van der Waals surface area contributed by atoms with Crippen molar-refractivity contribution >= 4 is 34.1 Å². The molecular weight excluding hydrogens is 316 g/mol. The van der Waals surface area contributed by atoms with Crippen molar-refractivity contribution in [1.29, 1.82) is 0 Å². The fourth-order valence-corrected chi connectivity index (χ4v) is 3.50. The van der Waals surface area contributed by atoms with Crippen molar-refractivity contribution in [1.82, 2.24) is 15.5 Å². The average Bonchev–Trinajstić information content (AvgIpc) is 2.88. The van der Waals surface area contributed by atoms with Gasteiger partial charge in [-0.2, -0.15) is 0 Å². The number of carbonyl (C=O) groups excluding carboxylic acids is 1. The van der Waals surface area contributed by atoms with Gasteiger partial charge in [-0.1, -0.05) is 42.9 Å². The summed E-state index contributed by atoms with van der Waals surface area (Å²) in [4.78, 5) is 12.1. The minimum Gasteiger partial charge on any atom is -0.355 e. The molecule has 5 nitrogen and oxygen atoms in total. The molecule has 0 atom stereocenters. The van der Waals surface area contributed by atoms with Gasteiger partial charge in [0.15, 0.2) is 4.34 Å². The largest absolute Gasteiger partial charge is 0.355 e. The van der Waals surface area contributed by atoms with Crippen molar-refractivity contribution in [3.8, 4) is 12.3 Å². The average molecular weight is 341 g/mol. The van der Waals surface area contributed by atoms with Gasteiger partial charge in [-0.3, -0.25) is 4.79 Å². The van der Waals surface area contributed by atoms with Crippen LogP contribution in [0.3, 0.4) is 0 Å². The lowest BCUT2D eigenvalue weighted by molar-refractivity contribution is -0.119. The van der Waals surface area contributed by atoms with Crippen molar-refractivity contribution in [3.63, 3.8) is 0 Å². The van der Waals surface area contributed by atoms with Crippen molar-refractivity contribution in [2.24, 2.45) is 0 Å². The summed E-state index contributed by atoms with van der Waals surface area (Å²) in [5.74, 6) is 2.91. The second-order valence-electron chi connectivity index (χ2n) is 6.02. The lowest BCUT2D eigenvalue weighted by Gasteiger charge is -2.26. The minimum absolute atomic E-state index is 0.0620. The Labute approximate surface area is 141 Å². The number of carbonyl (C=O) groups is 1. The maximum atomic E-state index is 12.1. The highest BCUT2D eigenvalue weighted by Gasteiger charge is 2.25. The van der Waals surface area contributed by atoms with Crippen LogP contribution in [0.5, 0.6) is 0 Å². The highest BCUT2D eigenvalue weighted by Crippen LogP contribution is 2.27. The SMILES string of the molecule is C#CC(CC)(CC)NC(=O)CSc1nnc(NC(C)(C)C)s1. The van der Waals surface area contributed by atoms with Crippen LogP contribution in [0.15, 0.2) is 4.34 Å². The summed E-state index contributed by atoms with van der Waals surface area (Å²) in [6.45, 7) is 10.1. The van der Waals surface area contributed by atoms with Gasteiger partial charge in [0.1, 0.15) is 5.54 Å². The molecule has 2 N–H and O–H groups in total. The Kier molecular flexibility index (Phi) is 6.69. The number of rotatable bonds is 7. The first-order valence-corrected chi connectivity index (χ1v) is 9.07. The van der Waals surface area contributed by atoms with Gasteiger partial charge in [0.25, 0.3) is 0 Å². The highest BCUT2D eigenvalue weighted by atomic mass is 32.2. The number of nitrogens with one attached hydrogen (secondary N) is 2. The van der Waals surface area contributed by atoms with Gasteiger partial charge >= 0.3 is 0 Å². The molecule has 1 rings (SSSR count). The third kappa shape index (κ3) is 5.85. The number of aromatic nitrogens is 2. The van der Waals surface area contributed by atoms with Crippen molar-refractivity contribution in [2.75, 3.05) is 11.1 Å². The first-order chi connectivity index (χ1) is 10.2. The molecule has 0 saturated heterocycles. The van der Waals surface area contributed by atoms with Crippen LogP contribution in [0.2, 0.25) is 0 Å². The Bertz CT molecular complexity index is 538. The molecule has 0 spiro atoms. The zero-order valence-electron chi connectivity index (χ0n) is 13.8. The highest BCUT2D eigenvalue weighted by molar-refractivity contribution is 8.01. The molecule has 0 bridgehead atoms. The van der Waals surface area contributed by atoms with E-state index in [0.29, 0.717) is 0 Å².